The molecule has 3 N–H and O–H groups in total. The van der Waals surface area contributed by atoms with Crippen LogP contribution in [-0.2, 0) is 11.3 Å². The van der Waals surface area contributed by atoms with E-state index in [1.807, 2.05) is 19.2 Å². The fourth-order valence-corrected chi connectivity index (χ4v) is 2.37. The lowest BCUT2D eigenvalue weighted by atomic mass is 10.3. The van der Waals surface area contributed by atoms with Gasteiger partial charge in [0.2, 0.25) is 0 Å². The maximum Gasteiger partial charge on any atom is 0.326 e. The van der Waals surface area contributed by atoms with Crippen molar-refractivity contribution in [1.82, 2.24) is 19.5 Å². The highest BCUT2D eigenvalue weighted by molar-refractivity contribution is 5.69. The van der Waals surface area contributed by atoms with Crippen molar-refractivity contribution in [3.05, 3.63) is 24.2 Å². The fraction of sp³-hybridized carbons (Fsp3) is 0.417. The second-order valence-corrected chi connectivity index (χ2v) is 4.93. The van der Waals surface area contributed by atoms with E-state index in [1.54, 1.807) is 4.52 Å². The normalized spacial score (nSPS) is 21.1. The Balaban J connectivity index is 1.82. The van der Waals surface area contributed by atoms with Crippen molar-refractivity contribution in [3.8, 4) is 0 Å². The van der Waals surface area contributed by atoms with E-state index in [4.69, 9.17) is 5.73 Å². The van der Waals surface area contributed by atoms with Crippen LogP contribution >= 0.6 is 0 Å². The molecule has 0 radical (unpaired) electrons. The molecule has 0 bridgehead atoms. The second-order valence-electron chi connectivity index (χ2n) is 4.93. The molecule has 1 saturated heterocycles. The minimum atomic E-state index is 0.237. The van der Waals surface area contributed by atoms with Crippen LogP contribution in [-0.4, -0.2) is 52.1 Å². The van der Waals surface area contributed by atoms with Gasteiger partial charge >= 0.3 is 5.91 Å². The molecule has 7 heteroatoms. The summed E-state index contributed by atoms with van der Waals surface area (Å²) in [6, 6.07) is 3.89. The highest BCUT2D eigenvalue weighted by atomic mass is 16.2. The number of hydrogen-bond donors (Lipinski definition) is 2. The number of nitrogens with two attached hydrogens (primary N) is 1. The molecule has 7 nitrogen and oxygen atoms in total. The molecule has 0 aromatic carbocycles. The summed E-state index contributed by atoms with van der Waals surface area (Å²) in [6.07, 6.45) is 1.45. The third-order valence-corrected chi connectivity index (χ3v) is 3.59. The predicted octanol–water partition coefficient (Wildman–Crippen LogP) is -1.83. The molecule has 3 heterocycles. The Labute approximate surface area is 110 Å². The van der Waals surface area contributed by atoms with Crippen LogP contribution in [0.3, 0.4) is 0 Å². The summed E-state index contributed by atoms with van der Waals surface area (Å²) in [5.74, 6) is 0.710. The van der Waals surface area contributed by atoms with Gasteiger partial charge in [0.25, 0.3) is 0 Å². The number of fused-ring (bicyclic) bond motifs is 1. The SMILES string of the molecule is C[NH+]1CCN(Cc2ccc3c(N)ncnn23)CC1=O. The number of aromatic nitrogens is 3. The molecule has 3 rings (SSSR count). The number of nitrogens with zero attached hydrogens (tertiary/aromatic N) is 4. The average molecular weight is 261 g/mol. The van der Waals surface area contributed by atoms with Gasteiger partial charge in [0.15, 0.2) is 5.82 Å². The molecule has 1 amide bonds. The van der Waals surface area contributed by atoms with Crippen LogP contribution in [0.5, 0.6) is 0 Å². The lowest BCUT2D eigenvalue weighted by molar-refractivity contribution is -0.802. The molecule has 100 valence electrons. The molecule has 0 saturated carbocycles. The van der Waals surface area contributed by atoms with Gasteiger partial charge in [0, 0.05) is 13.1 Å². The Morgan fingerprint density at radius 1 is 1.47 bits per heavy atom. The topological polar surface area (TPSA) is 81.0 Å². The van der Waals surface area contributed by atoms with E-state index in [-0.39, 0.29) is 5.91 Å². The van der Waals surface area contributed by atoms with Gasteiger partial charge in [-0.2, -0.15) is 5.10 Å². The predicted molar refractivity (Wildman–Crippen MR) is 69.4 cm³/mol. The minimum Gasteiger partial charge on any atom is -0.382 e. The molecular formula is C12H17N6O+. The van der Waals surface area contributed by atoms with Crippen molar-refractivity contribution in [3.63, 3.8) is 0 Å². The molecule has 1 unspecified atom stereocenters. The van der Waals surface area contributed by atoms with Crippen molar-refractivity contribution in [2.75, 3.05) is 32.4 Å². The molecule has 0 aliphatic carbocycles. The molecule has 1 aliphatic heterocycles. The molecule has 19 heavy (non-hydrogen) atoms. The summed E-state index contributed by atoms with van der Waals surface area (Å²) in [5.41, 5.74) is 7.63. The van der Waals surface area contributed by atoms with Crippen LogP contribution in [0.15, 0.2) is 18.5 Å². The molecule has 1 fully saturated rings. The van der Waals surface area contributed by atoms with Crippen LogP contribution in [0.1, 0.15) is 5.69 Å². The smallest absolute Gasteiger partial charge is 0.326 e. The summed E-state index contributed by atoms with van der Waals surface area (Å²) >= 11 is 0. The highest BCUT2D eigenvalue weighted by Gasteiger charge is 2.26. The van der Waals surface area contributed by atoms with Gasteiger partial charge in [-0.25, -0.2) is 14.3 Å². The first kappa shape index (κ1) is 12.1. The number of rotatable bonds is 2. The Morgan fingerprint density at radius 3 is 3.11 bits per heavy atom. The van der Waals surface area contributed by atoms with E-state index < -0.39 is 0 Å². The summed E-state index contributed by atoms with van der Waals surface area (Å²) in [4.78, 5) is 18.8. The number of nitrogen functional groups attached to an aromatic ring is 1. The maximum absolute atomic E-state index is 11.7. The molecule has 0 spiro atoms. The first-order chi connectivity index (χ1) is 9.15. The number of amides is 1. The molecule has 2 aromatic heterocycles. The zero-order chi connectivity index (χ0) is 13.4. The average Bonchev–Trinajstić information content (AvgIpc) is 2.79. The van der Waals surface area contributed by atoms with E-state index >= 15 is 0 Å². The van der Waals surface area contributed by atoms with Crippen molar-refractivity contribution in [1.29, 1.82) is 0 Å². The van der Waals surface area contributed by atoms with Crippen molar-refractivity contribution in [2.45, 2.75) is 6.54 Å². The lowest BCUT2D eigenvalue weighted by Crippen LogP contribution is -3.14. The zero-order valence-electron chi connectivity index (χ0n) is 10.8. The van der Waals surface area contributed by atoms with Gasteiger partial charge in [0.05, 0.1) is 19.3 Å². The summed E-state index contributed by atoms with van der Waals surface area (Å²) in [5, 5.41) is 4.21. The first-order valence-electron chi connectivity index (χ1n) is 6.30. The molecule has 1 atom stereocenters. The summed E-state index contributed by atoms with van der Waals surface area (Å²) < 4.78 is 1.79. The van der Waals surface area contributed by atoms with Gasteiger partial charge in [-0.15, -0.1) is 0 Å². The maximum atomic E-state index is 11.7. The van der Waals surface area contributed by atoms with Gasteiger partial charge in [-0.05, 0) is 12.1 Å². The van der Waals surface area contributed by atoms with Crippen LogP contribution in [0.4, 0.5) is 5.82 Å². The summed E-state index contributed by atoms with van der Waals surface area (Å²) in [7, 11) is 1.92. The Bertz CT molecular complexity index is 622. The van der Waals surface area contributed by atoms with Crippen molar-refractivity contribution in [2.24, 2.45) is 0 Å². The van der Waals surface area contributed by atoms with Gasteiger partial charge in [-0.1, -0.05) is 0 Å². The molecule has 2 aromatic rings. The number of carbonyl (C=O) groups is 1. The Morgan fingerprint density at radius 2 is 2.32 bits per heavy atom. The van der Waals surface area contributed by atoms with Crippen molar-refractivity contribution < 1.29 is 9.69 Å². The Kier molecular flexibility index (Phi) is 2.92. The van der Waals surface area contributed by atoms with Crippen LogP contribution in [0.25, 0.3) is 5.52 Å². The third-order valence-electron chi connectivity index (χ3n) is 3.59. The standard InChI is InChI=1S/C12H16N6O/c1-16-4-5-17(7-11(16)19)6-9-2-3-10-12(13)14-8-15-18(9)10/h2-3,8H,4-7H2,1H3,(H2,13,14,15)/p+1. The number of likely N-dealkylation sites (N-methyl/N-ethyl adjacent to an activating group) is 1. The van der Waals surface area contributed by atoms with E-state index in [2.05, 4.69) is 15.0 Å². The van der Waals surface area contributed by atoms with Crippen LogP contribution in [0.2, 0.25) is 0 Å². The van der Waals surface area contributed by atoms with E-state index in [0.29, 0.717) is 18.9 Å². The fourth-order valence-electron chi connectivity index (χ4n) is 2.37. The van der Waals surface area contributed by atoms with Crippen molar-refractivity contribution >= 4 is 17.2 Å². The lowest BCUT2D eigenvalue weighted by Gasteiger charge is -2.27. The first-order valence-corrected chi connectivity index (χ1v) is 6.30. The van der Waals surface area contributed by atoms with Crippen LogP contribution in [0, 0.1) is 0 Å². The largest absolute Gasteiger partial charge is 0.382 e. The zero-order valence-corrected chi connectivity index (χ0v) is 10.8. The van der Waals surface area contributed by atoms with Crippen LogP contribution < -0.4 is 10.6 Å². The number of hydrogen-bond acceptors (Lipinski definition) is 5. The van der Waals surface area contributed by atoms with Gasteiger partial charge < -0.3 is 5.73 Å². The highest BCUT2D eigenvalue weighted by Crippen LogP contribution is 2.14. The van der Waals surface area contributed by atoms with E-state index in [0.717, 1.165) is 29.2 Å². The molecular weight excluding hydrogens is 244 g/mol. The van der Waals surface area contributed by atoms with E-state index in [1.165, 1.54) is 6.33 Å². The molecule has 1 aliphatic rings. The monoisotopic (exact) mass is 261 g/mol. The summed E-state index contributed by atoms with van der Waals surface area (Å²) in [6.45, 7) is 2.94. The third kappa shape index (κ3) is 2.18. The number of piperazine rings is 1. The van der Waals surface area contributed by atoms with E-state index in [9.17, 15) is 4.79 Å². The minimum absolute atomic E-state index is 0.237. The number of nitrogens with one attached hydrogen (secondary N) is 1. The number of anilines is 1. The second kappa shape index (κ2) is 4.60. The number of carbonyl (C=O) groups excluding carboxylic acids is 1. The van der Waals surface area contributed by atoms with Gasteiger partial charge in [-0.3, -0.25) is 9.80 Å². The number of quaternary nitrogens is 1. The quantitative estimate of drug-likeness (QED) is 0.664. The Hall–Kier alpha value is -1.99. The van der Waals surface area contributed by atoms with Gasteiger partial charge in [0.1, 0.15) is 18.4 Å².